The van der Waals surface area contributed by atoms with Crippen molar-refractivity contribution in [1.82, 2.24) is 0 Å². The molecule has 0 saturated heterocycles. The lowest BCUT2D eigenvalue weighted by Gasteiger charge is -2.10. The minimum atomic E-state index is -1.38. The number of nitro benzene ring substituents is 1. The second-order valence-corrected chi connectivity index (χ2v) is 4.45. The van der Waals surface area contributed by atoms with E-state index in [2.05, 4.69) is 5.32 Å². The van der Waals surface area contributed by atoms with Gasteiger partial charge in [0.15, 0.2) is 0 Å². The van der Waals surface area contributed by atoms with Gasteiger partial charge in [-0.2, -0.15) is 0 Å². The summed E-state index contributed by atoms with van der Waals surface area (Å²) >= 11 is 0. The number of nitrogens with one attached hydrogen (secondary N) is 1. The van der Waals surface area contributed by atoms with E-state index in [1.54, 1.807) is 0 Å². The highest BCUT2D eigenvalue weighted by molar-refractivity contribution is 5.97. The van der Waals surface area contributed by atoms with Crippen LogP contribution in [0.4, 0.5) is 17.1 Å². The van der Waals surface area contributed by atoms with Gasteiger partial charge < -0.3 is 20.6 Å². The third kappa shape index (κ3) is 3.35. The van der Waals surface area contributed by atoms with Crippen molar-refractivity contribution in [2.45, 2.75) is 0 Å². The fraction of sp³-hybridized carbons (Fsp3) is 0. The van der Waals surface area contributed by atoms with Crippen molar-refractivity contribution in [2.75, 3.05) is 5.32 Å². The lowest BCUT2D eigenvalue weighted by Crippen LogP contribution is -2.05. The van der Waals surface area contributed by atoms with E-state index in [9.17, 15) is 24.8 Å². The van der Waals surface area contributed by atoms with Crippen LogP contribution in [0.2, 0.25) is 0 Å². The minimum absolute atomic E-state index is 0.0464. The van der Waals surface area contributed by atoms with E-state index < -0.39 is 22.6 Å². The van der Waals surface area contributed by atoms with Crippen LogP contribution in [0.25, 0.3) is 0 Å². The van der Waals surface area contributed by atoms with Crippen molar-refractivity contribution < 1.29 is 29.8 Å². The molecule has 0 aromatic heterocycles. The number of benzene rings is 2. The molecule has 0 bridgehead atoms. The molecule has 2 rings (SSSR count). The smallest absolute Gasteiger partial charge is 0.339 e. The van der Waals surface area contributed by atoms with Crippen LogP contribution < -0.4 is 5.32 Å². The van der Waals surface area contributed by atoms with Crippen LogP contribution >= 0.6 is 0 Å². The van der Waals surface area contributed by atoms with Gasteiger partial charge >= 0.3 is 11.9 Å². The molecule has 0 atom stereocenters. The predicted octanol–water partition coefficient (Wildman–Crippen LogP) is 2.44. The quantitative estimate of drug-likeness (QED) is 0.373. The molecule has 23 heavy (non-hydrogen) atoms. The van der Waals surface area contributed by atoms with Gasteiger partial charge in [0, 0.05) is 17.8 Å². The maximum atomic E-state index is 11.2. The highest BCUT2D eigenvalue weighted by Crippen LogP contribution is 2.28. The number of carboxylic acids is 2. The second-order valence-electron chi connectivity index (χ2n) is 4.45. The molecule has 0 unspecified atom stereocenters. The zero-order chi connectivity index (χ0) is 17.1. The molecular weight excluding hydrogens is 308 g/mol. The Hall–Kier alpha value is -3.62. The van der Waals surface area contributed by atoms with Gasteiger partial charge in [-0.25, -0.2) is 9.59 Å². The number of hydrogen-bond donors (Lipinski definition) is 4. The zero-order valence-corrected chi connectivity index (χ0v) is 11.4. The van der Waals surface area contributed by atoms with Crippen molar-refractivity contribution in [3.63, 3.8) is 0 Å². The van der Waals surface area contributed by atoms with E-state index in [1.807, 2.05) is 0 Å². The molecule has 0 aliphatic heterocycles. The molecule has 2 aromatic rings. The van der Waals surface area contributed by atoms with Crippen molar-refractivity contribution >= 4 is 29.0 Å². The highest BCUT2D eigenvalue weighted by atomic mass is 16.6. The summed E-state index contributed by atoms with van der Waals surface area (Å²) < 4.78 is 0. The average Bonchev–Trinajstić information content (AvgIpc) is 2.48. The van der Waals surface area contributed by atoms with Gasteiger partial charge in [-0.3, -0.25) is 10.1 Å². The monoisotopic (exact) mass is 318 g/mol. The first-order chi connectivity index (χ1) is 10.8. The maximum Gasteiger partial charge on any atom is 0.339 e. The average molecular weight is 318 g/mol. The van der Waals surface area contributed by atoms with E-state index in [0.29, 0.717) is 0 Å². The number of non-ortho nitro benzene ring substituents is 1. The number of carboxylic acid groups (broad SMARTS) is 2. The molecule has 0 saturated carbocycles. The molecule has 0 heterocycles. The summed E-state index contributed by atoms with van der Waals surface area (Å²) in [5, 5.41) is 40.9. The number of carbonyl (C=O) groups is 2. The molecule has 0 spiro atoms. The number of anilines is 2. The number of nitrogens with zero attached hydrogens (tertiary/aromatic N) is 1. The van der Waals surface area contributed by atoms with Gasteiger partial charge in [-0.15, -0.1) is 0 Å². The minimum Gasteiger partial charge on any atom is -0.507 e. The Morgan fingerprint density at radius 1 is 1.00 bits per heavy atom. The third-order valence-electron chi connectivity index (χ3n) is 2.95. The van der Waals surface area contributed by atoms with Crippen molar-refractivity contribution in [3.05, 3.63) is 57.6 Å². The van der Waals surface area contributed by atoms with Gasteiger partial charge in [0.2, 0.25) is 0 Å². The summed E-state index contributed by atoms with van der Waals surface area (Å²) in [5.41, 5.74) is -0.843. The van der Waals surface area contributed by atoms with Crippen LogP contribution in [-0.2, 0) is 0 Å². The Balaban J connectivity index is 2.44. The molecule has 118 valence electrons. The maximum absolute atomic E-state index is 11.2. The van der Waals surface area contributed by atoms with Gasteiger partial charge in [0.05, 0.1) is 16.2 Å². The number of aromatic hydroxyl groups is 1. The van der Waals surface area contributed by atoms with E-state index >= 15 is 0 Å². The molecule has 9 heteroatoms. The van der Waals surface area contributed by atoms with Crippen LogP contribution in [-0.4, -0.2) is 32.2 Å². The molecule has 4 N–H and O–H groups in total. The zero-order valence-electron chi connectivity index (χ0n) is 11.4. The summed E-state index contributed by atoms with van der Waals surface area (Å²) in [4.78, 5) is 32.2. The van der Waals surface area contributed by atoms with Crippen LogP contribution in [0.1, 0.15) is 20.7 Å². The number of hydrogen-bond acceptors (Lipinski definition) is 6. The fourth-order valence-corrected chi connectivity index (χ4v) is 1.87. The first-order valence-corrected chi connectivity index (χ1v) is 6.14. The summed E-state index contributed by atoms with van der Waals surface area (Å²) in [6, 6.07) is 6.81. The van der Waals surface area contributed by atoms with Crippen LogP contribution in [0.15, 0.2) is 36.4 Å². The Bertz CT molecular complexity index is 817. The molecule has 0 amide bonds. The van der Waals surface area contributed by atoms with E-state index in [4.69, 9.17) is 10.2 Å². The van der Waals surface area contributed by atoms with Crippen molar-refractivity contribution in [2.24, 2.45) is 0 Å². The van der Waals surface area contributed by atoms with Gasteiger partial charge in [0.1, 0.15) is 11.3 Å². The standard InChI is InChI=1S/C14H10N2O7/c17-12-4-1-7(5-10(12)14(20)21)15-11-3-2-8(16(22)23)6-9(11)13(18)19/h1-6,15,17H,(H,18,19)(H,20,21). The summed E-state index contributed by atoms with van der Waals surface area (Å²) in [6.07, 6.45) is 0. The highest BCUT2D eigenvalue weighted by Gasteiger charge is 2.17. The van der Waals surface area contributed by atoms with E-state index in [0.717, 1.165) is 24.3 Å². The summed E-state index contributed by atoms with van der Waals surface area (Å²) in [5.74, 6) is -3.17. The van der Waals surface area contributed by atoms with E-state index in [-0.39, 0.29) is 28.2 Å². The Kier molecular flexibility index (Phi) is 4.12. The predicted molar refractivity (Wildman–Crippen MR) is 78.4 cm³/mol. The summed E-state index contributed by atoms with van der Waals surface area (Å²) in [6.45, 7) is 0. The Labute approximate surface area is 128 Å². The molecule has 9 nitrogen and oxygen atoms in total. The van der Waals surface area contributed by atoms with Crippen molar-refractivity contribution in [1.29, 1.82) is 0 Å². The number of rotatable bonds is 5. The Morgan fingerprint density at radius 2 is 1.65 bits per heavy atom. The van der Waals surface area contributed by atoms with Crippen LogP contribution in [0.5, 0.6) is 5.75 Å². The molecule has 0 radical (unpaired) electrons. The first kappa shape index (κ1) is 15.8. The lowest BCUT2D eigenvalue weighted by atomic mass is 10.1. The third-order valence-corrected chi connectivity index (χ3v) is 2.95. The second kappa shape index (κ2) is 6.02. The largest absolute Gasteiger partial charge is 0.507 e. The van der Waals surface area contributed by atoms with Crippen LogP contribution in [0.3, 0.4) is 0 Å². The van der Waals surface area contributed by atoms with Gasteiger partial charge in [-0.1, -0.05) is 0 Å². The molecule has 0 aliphatic rings. The summed E-state index contributed by atoms with van der Waals surface area (Å²) in [7, 11) is 0. The van der Waals surface area contributed by atoms with Crippen LogP contribution in [0, 0.1) is 10.1 Å². The van der Waals surface area contributed by atoms with Gasteiger partial charge in [-0.05, 0) is 24.3 Å². The SMILES string of the molecule is O=C(O)c1cc(Nc2ccc([N+](=O)[O-])cc2C(=O)O)ccc1O. The molecule has 0 aliphatic carbocycles. The van der Waals surface area contributed by atoms with Gasteiger partial charge in [0.25, 0.3) is 5.69 Å². The normalized spacial score (nSPS) is 10.1. The number of phenols is 1. The fourth-order valence-electron chi connectivity index (χ4n) is 1.87. The molecule has 2 aromatic carbocycles. The first-order valence-electron chi connectivity index (χ1n) is 6.14. The van der Waals surface area contributed by atoms with Crippen molar-refractivity contribution in [3.8, 4) is 5.75 Å². The Morgan fingerprint density at radius 3 is 2.22 bits per heavy atom. The number of aromatic carboxylic acids is 2. The lowest BCUT2D eigenvalue weighted by molar-refractivity contribution is -0.384. The number of nitro groups is 1. The van der Waals surface area contributed by atoms with E-state index in [1.165, 1.54) is 12.1 Å². The topological polar surface area (TPSA) is 150 Å². The molecule has 0 fully saturated rings. The molecular formula is C14H10N2O7.